The van der Waals surface area contributed by atoms with Crippen molar-refractivity contribution in [2.75, 3.05) is 68.2 Å². The van der Waals surface area contributed by atoms with Crippen LogP contribution < -0.4 is 15.1 Å². The summed E-state index contributed by atoms with van der Waals surface area (Å²) in [4.78, 5) is 9.48. The van der Waals surface area contributed by atoms with Gasteiger partial charge < -0.3 is 24.6 Å². The van der Waals surface area contributed by atoms with Crippen LogP contribution in [-0.2, 0) is 9.47 Å². The van der Waals surface area contributed by atoms with E-state index < -0.39 is 0 Å². The SMILES string of the molecule is COCCOCC[C@H](CNc1cc(N2CCCCC2)ccn1)[C@@H]1CCCCN1c1cccc(F)c1. The molecule has 0 amide bonds. The first-order chi connectivity index (χ1) is 17.2. The zero-order chi connectivity index (χ0) is 24.3. The normalized spacial score (nSPS) is 19.5. The summed E-state index contributed by atoms with van der Waals surface area (Å²) in [5.41, 5.74) is 2.23. The van der Waals surface area contributed by atoms with Crippen LogP contribution in [0.15, 0.2) is 42.6 Å². The Morgan fingerprint density at radius 3 is 2.69 bits per heavy atom. The van der Waals surface area contributed by atoms with Crippen LogP contribution in [0.5, 0.6) is 0 Å². The molecule has 4 rings (SSSR count). The van der Waals surface area contributed by atoms with Gasteiger partial charge in [0, 0.05) is 69.6 Å². The Bertz CT molecular complexity index is 893. The highest BCUT2D eigenvalue weighted by atomic mass is 19.1. The van der Waals surface area contributed by atoms with Crippen LogP contribution in [-0.4, -0.2) is 64.1 Å². The van der Waals surface area contributed by atoms with E-state index in [0.717, 1.165) is 56.9 Å². The zero-order valence-corrected chi connectivity index (χ0v) is 21.1. The van der Waals surface area contributed by atoms with Gasteiger partial charge in [-0.05, 0) is 75.1 Å². The number of hydrogen-bond donors (Lipinski definition) is 1. The molecule has 35 heavy (non-hydrogen) atoms. The van der Waals surface area contributed by atoms with Crippen molar-refractivity contribution < 1.29 is 13.9 Å². The summed E-state index contributed by atoms with van der Waals surface area (Å²) in [6.07, 6.45) is 10.1. The average molecular weight is 485 g/mol. The number of methoxy groups -OCH3 is 1. The van der Waals surface area contributed by atoms with Crippen LogP contribution in [0.3, 0.4) is 0 Å². The van der Waals surface area contributed by atoms with E-state index in [1.54, 1.807) is 13.2 Å². The van der Waals surface area contributed by atoms with E-state index in [-0.39, 0.29) is 5.82 Å². The Morgan fingerprint density at radius 1 is 1.00 bits per heavy atom. The van der Waals surface area contributed by atoms with E-state index in [2.05, 4.69) is 32.2 Å². The van der Waals surface area contributed by atoms with Gasteiger partial charge in [-0.3, -0.25) is 0 Å². The molecule has 1 N–H and O–H groups in total. The molecule has 0 spiro atoms. The third-order valence-electron chi connectivity index (χ3n) is 7.31. The van der Waals surface area contributed by atoms with Crippen molar-refractivity contribution in [3.63, 3.8) is 0 Å². The number of halogens is 1. The first-order valence-electron chi connectivity index (χ1n) is 13.3. The van der Waals surface area contributed by atoms with Crippen molar-refractivity contribution in [2.24, 2.45) is 5.92 Å². The van der Waals surface area contributed by atoms with Crippen LogP contribution in [0.1, 0.15) is 44.9 Å². The van der Waals surface area contributed by atoms with Crippen molar-refractivity contribution in [3.8, 4) is 0 Å². The summed E-state index contributed by atoms with van der Waals surface area (Å²) in [6.45, 7) is 5.90. The maximum Gasteiger partial charge on any atom is 0.127 e. The van der Waals surface area contributed by atoms with Gasteiger partial charge in [-0.1, -0.05) is 6.07 Å². The number of ether oxygens (including phenoxy) is 2. The summed E-state index contributed by atoms with van der Waals surface area (Å²) >= 11 is 0. The smallest absolute Gasteiger partial charge is 0.127 e. The van der Waals surface area contributed by atoms with Crippen LogP contribution in [0.25, 0.3) is 0 Å². The number of anilines is 3. The minimum absolute atomic E-state index is 0.178. The van der Waals surface area contributed by atoms with Crippen molar-refractivity contribution in [1.82, 2.24) is 4.98 Å². The maximum atomic E-state index is 14.0. The summed E-state index contributed by atoms with van der Waals surface area (Å²) in [7, 11) is 1.69. The first-order valence-corrected chi connectivity index (χ1v) is 13.3. The Kier molecular flexibility index (Phi) is 10.0. The van der Waals surface area contributed by atoms with E-state index >= 15 is 0 Å². The number of hydrogen-bond acceptors (Lipinski definition) is 6. The van der Waals surface area contributed by atoms with Gasteiger partial charge in [-0.15, -0.1) is 0 Å². The second-order valence-corrected chi connectivity index (χ2v) is 9.72. The van der Waals surface area contributed by atoms with E-state index in [1.807, 2.05) is 18.3 Å². The largest absolute Gasteiger partial charge is 0.382 e. The number of aromatic nitrogens is 1. The van der Waals surface area contributed by atoms with Gasteiger partial charge in [0.1, 0.15) is 11.6 Å². The number of nitrogens with zero attached hydrogens (tertiary/aromatic N) is 3. The van der Waals surface area contributed by atoms with Gasteiger partial charge in [-0.25, -0.2) is 9.37 Å². The van der Waals surface area contributed by atoms with Crippen molar-refractivity contribution in [2.45, 2.75) is 51.0 Å². The van der Waals surface area contributed by atoms with E-state index in [0.29, 0.717) is 31.8 Å². The molecule has 0 saturated carbocycles. The lowest BCUT2D eigenvalue weighted by atomic mass is 9.87. The predicted molar refractivity (Wildman–Crippen MR) is 141 cm³/mol. The van der Waals surface area contributed by atoms with Crippen molar-refractivity contribution in [3.05, 3.63) is 48.4 Å². The molecule has 2 aliphatic rings. The molecule has 0 bridgehead atoms. The highest BCUT2D eigenvalue weighted by Gasteiger charge is 2.30. The fourth-order valence-corrected chi connectivity index (χ4v) is 5.43. The van der Waals surface area contributed by atoms with E-state index in [9.17, 15) is 4.39 Å². The standard InChI is InChI=1S/C28H41FN4O2/c1-34-18-19-35-17-12-23(27-10-3-6-16-33(27)26-9-7-8-24(29)20-26)22-31-28-21-25(11-13-30-28)32-14-4-2-5-15-32/h7-9,11,13,20-21,23,27H,2-6,10,12,14-19,22H2,1H3,(H,30,31)/t23-,27+/m1/s1. The summed E-state index contributed by atoms with van der Waals surface area (Å²) in [5, 5.41) is 3.64. The molecule has 1 aromatic heterocycles. The molecule has 2 atom stereocenters. The second-order valence-electron chi connectivity index (χ2n) is 9.72. The molecule has 7 heteroatoms. The first kappa shape index (κ1) is 25.7. The molecule has 0 aliphatic carbocycles. The van der Waals surface area contributed by atoms with Gasteiger partial charge in [0.25, 0.3) is 0 Å². The topological polar surface area (TPSA) is 49.9 Å². The monoisotopic (exact) mass is 484 g/mol. The number of rotatable bonds is 12. The number of nitrogens with one attached hydrogen (secondary N) is 1. The van der Waals surface area contributed by atoms with Crippen LogP contribution in [0.4, 0.5) is 21.6 Å². The lowest BCUT2D eigenvalue weighted by molar-refractivity contribution is 0.0620. The quantitative estimate of drug-likeness (QED) is 0.410. The minimum atomic E-state index is -0.178. The van der Waals surface area contributed by atoms with Crippen molar-refractivity contribution in [1.29, 1.82) is 0 Å². The second kappa shape index (κ2) is 13.6. The Morgan fingerprint density at radius 2 is 1.86 bits per heavy atom. The number of benzene rings is 1. The molecule has 2 aliphatic heterocycles. The van der Waals surface area contributed by atoms with Gasteiger partial charge in [0.2, 0.25) is 0 Å². The molecular weight excluding hydrogens is 443 g/mol. The van der Waals surface area contributed by atoms with Gasteiger partial charge in [-0.2, -0.15) is 0 Å². The maximum absolute atomic E-state index is 14.0. The summed E-state index contributed by atoms with van der Waals surface area (Å²) < 4.78 is 25.0. The van der Waals surface area contributed by atoms with Crippen LogP contribution in [0, 0.1) is 11.7 Å². The molecule has 0 radical (unpaired) electrons. The third kappa shape index (κ3) is 7.55. The predicted octanol–water partition coefficient (Wildman–Crippen LogP) is 5.35. The molecule has 2 fully saturated rings. The molecule has 1 aromatic carbocycles. The molecule has 0 unspecified atom stereocenters. The molecule has 2 aromatic rings. The minimum Gasteiger partial charge on any atom is -0.382 e. The number of piperidine rings is 2. The van der Waals surface area contributed by atoms with Gasteiger partial charge >= 0.3 is 0 Å². The highest BCUT2D eigenvalue weighted by Crippen LogP contribution is 2.31. The van der Waals surface area contributed by atoms with Gasteiger partial charge in [0.05, 0.1) is 13.2 Å². The molecule has 6 nitrogen and oxygen atoms in total. The molecular formula is C28H41FN4O2. The van der Waals surface area contributed by atoms with Crippen molar-refractivity contribution >= 4 is 17.2 Å². The molecule has 3 heterocycles. The van der Waals surface area contributed by atoms with E-state index in [4.69, 9.17) is 9.47 Å². The average Bonchev–Trinajstić information content (AvgIpc) is 2.91. The Hall–Kier alpha value is -2.38. The molecule has 192 valence electrons. The third-order valence-corrected chi connectivity index (χ3v) is 7.31. The summed E-state index contributed by atoms with van der Waals surface area (Å²) in [6, 6.07) is 11.7. The Labute approximate surface area is 209 Å². The molecule has 2 saturated heterocycles. The van der Waals surface area contributed by atoms with Gasteiger partial charge in [0.15, 0.2) is 0 Å². The lowest BCUT2D eigenvalue weighted by Crippen LogP contribution is -2.46. The van der Waals surface area contributed by atoms with Crippen LogP contribution >= 0.6 is 0 Å². The fraction of sp³-hybridized carbons (Fsp3) is 0.607. The lowest BCUT2D eigenvalue weighted by Gasteiger charge is -2.42. The summed E-state index contributed by atoms with van der Waals surface area (Å²) in [5.74, 6) is 1.09. The van der Waals surface area contributed by atoms with E-state index in [1.165, 1.54) is 37.4 Å². The number of pyridine rings is 1. The Balaban J connectivity index is 1.45. The fourth-order valence-electron chi connectivity index (χ4n) is 5.43. The van der Waals surface area contributed by atoms with Crippen LogP contribution in [0.2, 0.25) is 0 Å². The highest BCUT2D eigenvalue weighted by molar-refractivity contribution is 5.54. The zero-order valence-electron chi connectivity index (χ0n) is 21.1.